The van der Waals surface area contributed by atoms with Crippen molar-refractivity contribution in [1.29, 1.82) is 0 Å². The summed E-state index contributed by atoms with van der Waals surface area (Å²) in [6.45, 7) is 0. The number of hydrogen-bond donors (Lipinski definition) is 0. The summed E-state index contributed by atoms with van der Waals surface area (Å²) in [7, 11) is 0. The SMILES string of the molecule is O=C1c2ccc(Oc3ccc4ccccc4c3)cc2C(=O)N1c1ccccc1. The summed E-state index contributed by atoms with van der Waals surface area (Å²) in [6.07, 6.45) is 0. The molecule has 4 heteroatoms. The van der Waals surface area contributed by atoms with E-state index in [9.17, 15) is 9.59 Å². The van der Waals surface area contributed by atoms with Crippen molar-refractivity contribution in [2.75, 3.05) is 4.90 Å². The van der Waals surface area contributed by atoms with Crippen LogP contribution in [0.1, 0.15) is 20.7 Å². The number of rotatable bonds is 3. The second-order valence-electron chi connectivity index (χ2n) is 6.60. The molecule has 4 aromatic rings. The molecule has 0 bridgehead atoms. The van der Waals surface area contributed by atoms with Crippen molar-refractivity contribution in [3.8, 4) is 11.5 Å². The molecule has 5 rings (SSSR count). The molecule has 0 N–H and O–H groups in total. The molecule has 0 radical (unpaired) electrons. The summed E-state index contributed by atoms with van der Waals surface area (Å²) in [5.74, 6) is 0.541. The van der Waals surface area contributed by atoms with E-state index in [0.717, 1.165) is 10.8 Å². The molecule has 0 fully saturated rings. The first-order valence-electron chi connectivity index (χ1n) is 8.95. The third kappa shape index (κ3) is 2.63. The molecule has 1 aliphatic heterocycles. The molecule has 0 saturated heterocycles. The van der Waals surface area contributed by atoms with E-state index in [0.29, 0.717) is 28.3 Å². The summed E-state index contributed by atoms with van der Waals surface area (Å²) in [5, 5.41) is 2.20. The van der Waals surface area contributed by atoms with Crippen molar-refractivity contribution in [3.05, 3.63) is 102 Å². The summed E-state index contributed by atoms with van der Waals surface area (Å²) in [5.41, 5.74) is 1.30. The van der Waals surface area contributed by atoms with Gasteiger partial charge in [-0.3, -0.25) is 9.59 Å². The predicted molar refractivity (Wildman–Crippen MR) is 108 cm³/mol. The van der Waals surface area contributed by atoms with E-state index in [1.807, 2.05) is 48.5 Å². The highest BCUT2D eigenvalue weighted by Crippen LogP contribution is 2.32. The minimum absolute atomic E-state index is 0.316. The number of amides is 2. The Kier molecular flexibility index (Phi) is 3.69. The average molecular weight is 365 g/mol. The second-order valence-corrected chi connectivity index (χ2v) is 6.60. The topological polar surface area (TPSA) is 46.6 Å². The van der Waals surface area contributed by atoms with Gasteiger partial charge >= 0.3 is 0 Å². The largest absolute Gasteiger partial charge is 0.457 e. The maximum absolute atomic E-state index is 12.8. The van der Waals surface area contributed by atoms with Gasteiger partial charge in [0, 0.05) is 0 Å². The van der Waals surface area contributed by atoms with Crippen LogP contribution >= 0.6 is 0 Å². The van der Waals surface area contributed by atoms with Crippen LogP contribution in [0.2, 0.25) is 0 Å². The number of carbonyl (C=O) groups excluding carboxylic acids is 2. The second kappa shape index (κ2) is 6.35. The number of benzene rings is 4. The molecule has 1 heterocycles. The number of ether oxygens (including phenoxy) is 1. The van der Waals surface area contributed by atoms with Gasteiger partial charge in [0.2, 0.25) is 0 Å². The van der Waals surface area contributed by atoms with E-state index in [4.69, 9.17) is 4.74 Å². The normalized spacial score (nSPS) is 13.1. The highest BCUT2D eigenvalue weighted by molar-refractivity contribution is 6.34. The zero-order valence-corrected chi connectivity index (χ0v) is 14.8. The number of imide groups is 1. The van der Waals surface area contributed by atoms with Gasteiger partial charge in [0.15, 0.2) is 0 Å². The number of nitrogens with zero attached hydrogens (tertiary/aromatic N) is 1. The molecule has 1 aliphatic rings. The Morgan fingerprint density at radius 3 is 2.04 bits per heavy atom. The molecule has 0 aromatic heterocycles. The monoisotopic (exact) mass is 365 g/mol. The van der Waals surface area contributed by atoms with Gasteiger partial charge in [-0.05, 0) is 53.2 Å². The third-order valence-electron chi connectivity index (χ3n) is 4.83. The number of hydrogen-bond acceptors (Lipinski definition) is 3. The maximum Gasteiger partial charge on any atom is 0.266 e. The summed E-state index contributed by atoms with van der Waals surface area (Å²) >= 11 is 0. The van der Waals surface area contributed by atoms with Crippen molar-refractivity contribution < 1.29 is 14.3 Å². The van der Waals surface area contributed by atoms with Crippen LogP contribution in [-0.2, 0) is 0 Å². The van der Waals surface area contributed by atoms with Gasteiger partial charge in [0.25, 0.3) is 11.8 Å². The average Bonchev–Trinajstić information content (AvgIpc) is 2.98. The van der Waals surface area contributed by atoms with Crippen LogP contribution in [0.4, 0.5) is 5.69 Å². The molecular weight excluding hydrogens is 350 g/mol. The smallest absolute Gasteiger partial charge is 0.266 e. The van der Waals surface area contributed by atoms with Crippen molar-refractivity contribution in [2.45, 2.75) is 0 Å². The first-order valence-corrected chi connectivity index (χ1v) is 8.95. The van der Waals surface area contributed by atoms with Crippen LogP contribution < -0.4 is 9.64 Å². The Labute approximate surface area is 161 Å². The van der Waals surface area contributed by atoms with Gasteiger partial charge in [-0.2, -0.15) is 0 Å². The van der Waals surface area contributed by atoms with E-state index in [2.05, 4.69) is 0 Å². The minimum atomic E-state index is -0.338. The number of carbonyl (C=O) groups is 2. The van der Waals surface area contributed by atoms with Crippen molar-refractivity contribution in [1.82, 2.24) is 0 Å². The van der Waals surface area contributed by atoms with E-state index >= 15 is 0 Å². The predicted octanol–water partition coefficient (Wildman–Crippen LogP) is 5.43. The first-order chi connectivity index (χ1) is 13.7. The van der Waals surface area contributed by atoms with Gasteiger partial charge in [0.1, 0.15) is 11.5 Å². The molecule has 4 aromatic carbocycles. The van der Waals surface area contributed by atoms with Crippen molar-refractivity contribution >= 4 is 28.3 Å². The lowest BCUT2D eigenvalue weighted by molar-refractivity contribution is 0.0926. The van der Waals surface area contributed by atoms with Crippen LogP contribution in [0.5, 0.6) is 11.5 Å². The molecule has 4 nitrogen and oxygen atoms in total. The summed E-state index contributed by atoms with van der Waals surface area (Å²) < 4.78 is 5.95. The molecule has 134 valence electrons. The first kappa shape index (κ1) is 16.3. The van der Waals surface area contributed by atoms with Crippen molar-refractivity contribution in [2.24, 2.45) is 0 Å². The Balaban J connectivity index is 1.48. The highest BCUT2D eigenvalue weighted by Gasteiger charge is 2.36. The lowest BCUT2D eigenvalue weighted by atomic mass is 10.1. The number of anilines is 1. The lowest BCUT2D eigenvalue weighted by Crippen LogP contribution is -2.29. The fourth-order valence-corrected chi connectivity index (χ4v) is 3.46. The summed E-state index contributed by atoms with van der Waals surface area (Å²) in [6, 6.07) is 27.8. The quantitative estimate of drug-likeness (QED) is 0.455. The van der Waals surface area contributed by atoms with Gasteiger partial charge in [-0.25, -0.2) is 4.90 Å². The summed E-state index contributed by atoms with van der Waals surface area (Å²) in [4.78, 5) is 26.7. The zero-order valence-electron chi connectivity index (χ0n) is 14.8. The zero-order chi connectivity index (χ0) is 19.1. The number of fused-ring (bicyclic) bond motifs is 2. The van der Waals surface area contributed by atoms with E-state index in [1.165, 1.54) is 4.90 Å². The van der Waals surface area contributed by atoms with Crippen LogP contribution in [0.3, 0.4) is 0 Å². The van der Waals surface area contributed by atoms with Crippen LogP contribution in [-0.4, -0.2) is 11.8 Å². The molecular formula is C24H15NO3. The molecule has 0 unspecified atom stereocenters. The van der Waals surface area contributed by atoms with Gasteiger partial charge in [-0.15, -0.1) is 0 Å². The molecule has 2 amide bonds. The molecule has 0 spiro atoms. The lowest BCUT2D eigenvalue weighted by Gasteiger charge is -2.13. The van der Waals surface area contributed by atoms with Gasteiger partial charge < -0.3 is 4.74 Å². The molecule has 0 atom stereocenters. The standard InChI is InChI=1S/C24H15NO3/c26-23-21-13-12-20(28-19-11-10-16-6-4-5-7-17(16)14-19)15-22(21)24(27)25(23)18-8-2-1-3-9-18/h1-15H. The molecule has 28 heavy (non-hydrogen) atoms. The Morgan fingerprint density at radius 2 is 1.21 bits per heavy atom. The minimum Gasteiger partial charge on any atom is -0.457 e. The van der Waals surface area contributed by atoms with Crippen molar-refractivity contribution in [3.63, 3.8) is 0 Å². The number of para-hydroxylation sites is 1. The molecule has 0 saturated carbocycles. The van der Waals surface area contributed by atoms with Gasteiger partial charge in [0.05, 0.1) is 16.8 Å². The van der Waals surface area contributed by atoms with Gasteiger partial charge in [-0.1, -0.05) is 48.5 Å². The Morgan fingerprint density at radius 1 is 0.571 bits per heavy atom. The van der Waals surface area contributed by atoms with Crippen LogP contribution in [0, 0.1) is 0 Å². The fourth-order valence-electron chi connectivity index (χ4n) is 3.46. The van der Waals surface area contributed by atoms with Crippen LogP contribution in [0.25, 0.3) is 10.8 Å². The molecule has 0 aliphatic carbocycles. The highest BCUT2D eigenvalue weighted by atomic mass is 16.5. The van der Waals surface area contributed by atoms with E-state index < -0.39 is 0 Å². The van der Waals surface area contributed by atoms with Crippen LogP contribution in [0.15, 0.2) is 91.0 Å². The van der Waals surface area contributed by atoms with E-state index in [1.54, 1.807) is 42.5 Å². The Bertz CT molecular complexity index is 1230. The third-order valence-corrected chi connectivity index (χ3v) is 4.83. The fraction of sp³-hybridized carbons (Fsp3) is 0. The Hall–Kier alpha value is -3.92. The maximum atomic E-state index is 12.8. The van der Waals surface area contributed by atoms with E-state index in [-0.39, 0.29) is 11.8 Å².